The van der Waals surface area contributed by atoms with Crippen LogP contribution in [0.2, 0.25) is 0 Å². The predicted octanol–water partition coefficient (Wildman–Crippen LogP) is 6.29. The van der Waals surface area contributed by atoms with E-state index in [1.807, 2.05) is 59.2 Å². The highest BCUT2D eigenvalue weighted by Gasteiger charge is 2.31. The zero-order chi connectivity index (χ0) is 29.1. The third-order valence-electron chi connectivity index (χ3n) is 7.93. The first kappa shape index (κ1) is 27.8. The molecule has 1 aromatic heterocycles. The molecule has 6 nitrogen and oxygen atoms in total. The van der Waals surface area contributed by atoms with Crippen molar-refractivity contribution in [3.05, 3.63) is 126 Å². The number of hydrogen-bond donors (Lipinski definition) is 0. The number of ether oxygens (including phenoxy) is 3. The van der Waals surface area contributed by atoms with Gasteiger partial charge >= 0.3 is 0 Å². The summed E-state index contributed by atoms with van der Waals surface area (Å²) < 4.78 is 18.7. The molecule has 0 N–H and O–H groups in total. The summed E-state index contributed by atoms with van der Waals surface area (Å²) in [4.78, 5) is 20.1. The molecule has 6 rings (SSSR count). The smallest absolute Gasteiger partial charge is 0.271 e. The third-order valence-corrected chi connectivity index (χ3v) is 8.92. The summed E-state index contributed by atoms with van der Waals surface area (Å²) in [5.41, 5.74) is 6.51. The monoisotopic (exact) mass is 578 g/mol. The second-order valence-electron chi connectivity index (χ2n) is 10.5. The molecule has 3 aromatic carbocycles. The molecule has 1 aliphatic heterocycles. The quantitative estimate of drug-likeness (QED) is 0.270. The van der Waals surface area contributed by atoms with Gasteiger partial charge in [-0.05, 0) is 102 Å². The van der Waals surface area contributed by atoms with Gasteiger partial charge in [-0.2, -0.15) is 0 Å². The molecule has 1 aliphatic carbocycles. The zero-order valence-electron chi connectivity index (χ0n) is 24.1. The minimum absolute atomic E-state index is 0.0234. The highest BCUT2D eigenvalue weighted by atomic mass is 32.1. The van der Waals surface area contributed by atoms with Gasteiger partial charge in [-0.3, -0.25) is 9.36 Å². The standard InChI is InChI=1S/C35H34N2O4S/c1-39-27-15-9-23(10-16-27)21-26-7-5-4-6-8-30-32(26)36-35-37(33(30)25-13-19-29(41-3)20-14-25)34(38)31(42-35)22-24-11-17-28(40-2)18-12-24/h9-22,33H,4-8H2,1-3H3/b26-21+,31-22+/t33-/m1/s1. The Morgan fingerprint density at radius 1 is 0.738 bits per heavy atom. The van der Waals surface area contributed by atoms with Crippen molar-refractivity contribution < 1.29 is 14.2 Å². The topological polar surface area (TPSA) is 62.0 Å². The van der Waals surface area contributed by atoms with Crippen molar-refractivity contribution in [2.75, 3.05) is 21.3 Å². The van der Waals surface area contributed by atoms with Crippen LogP contribution in [0.3, 0.4) is 0 Å². The Hall–Kier alpha value is -4.36. The SMILES string of the molecule is COc1ccc(/C=C2\CCCCCC3=C2N=c2s/c(=C/c4ccc(OC)cc4)c(=O)n2[C@@H]3c2ccc(OC)cc2)cc1. The Kier molecular flexibility index (Phi) is 8.11. The van der Waals surface area contributed by atoms with Crippen molar-refractivity contribution in [3.63, 3.8) is 0 Å². The van der Waals surface area contributed by atoms with E-state index in [4.69, 9.17) is 19.2 Å². The summed E-state index contributed by atoms with van der Waals surface area (Å²) >= 11 is 1.45. The van der Waals surface area contributed by atoms with E-state index >= 15 is 0 Å². The summed E-state index contributed by atoms with van der Waals surface area (Å²) in [6.45, 7) is 0. The Morgan fingerprint density at radius 3 is 1.88 bits per heavy atom. The fourth-order valence-corrected chi connectivity index (χ4v) is 6.74. The number of rotatable bonds is 6. The van der Waals surface area contributed by atoms with Gasteiger partial charge in [0.2, 0.25) is 0 Å². The maximum absolute atomic E-state index is 14.1. The van der Waals surface area contributed by atoms with Crippen molar-refractivity contribution in [1.29, 1.82) is 0 Å². The van der Waals surface area contributed by atoms with E-state index in [0.717, 1.165) is 76.5 Å². The Balaban J connectivity index is 1.56. The number of hydrogen-bond acceptors (Lipinski definition) is 6. The fourth-order valence-electron chi connectivity index (χ4n) is 5.73. The second-order valence-corrected chi connectivity index (χ2v) is 11.5. The first-order valence-corrected chi connectivity index (χ1v) is 15.1. The fraction of sp³-hybridized carbons (Fsp3) is 0.257. The van der Waals surface area contributed by atoms with Crippen LogP contribution in [-0.2, 0) is 0 Å². The minimum atomic E-state index is -0.238. The number of allylic oxidation sites excluding steroid dienone is 2. The number of thiazole rings is 1. The van der Waals surface area contributed by atoms with E-state index in [1.54, 1.807) is 21.3 Å². The first-order valence-electron chi connectivity index (χ1n) is 14.3. The van der Waals surface area contributed by atoms with Gasteiger partial charge in [-0.15, -0.1) is 0 Å². The van der Waals surface area contributed by atoms with Crippen molar-refractivity contribution in [3.8, 4) is 17.2 Å². The van der Waals surface area contributed by atoms with Crippen LogP contribution >= 0.6 is 11.3 Å². The number of aromatic nitrogens is 1. The largest absolute Gasteiger partial charge is 0.497 e. The molecule has 0 unspecified atom stereocenters. The highest BCUT2D eigenvalue weighted by molar-refractivity contribution is 7.07. The Bertz CT molecular complexity index is 1810. The predicted molar refractivity (Wildman–Crippen MR) is 168 cm³/mol. The Labute approximate surface area is 249 Å². The second kappa shape index (κ2) is 12.2. The molecule has 0 fully saturated rings. The minimum Gasteiger partial charge on any atom is -0.497 e. The zero-order valence-corrected chi connectivity index (χ0v) is 24.9. The molecule has 0 spiro atoms. The summed E-state index contributed by atoms with van der Waals surface area (Å²) in [7, 11) is 5.00. The maximum Gasteiger partial charge on any atom is 0.271 e. The molecule has 1 atom stereocenters. The molecular formula is C35H34N2O4S. The van der Waals surface area contributed by atoms with Crippen molar-refractivity contribution >= 4 is 23.5 Å². The summed E-state index contributed by atoms with van der Waals surface area (Å²) in [5.74, 6) is 2.40. The van der Waals surface area contributed by atoms with Crippen LogP contribution in [0.5, 0.6) is 17.2 Å². The van der Waals surface area contributed by atoms with Gasteiger partial charge in [0.1, 0.15) is 17.2 Å². The number of benzene rings is 3. The van der Waals surface area contributed by atoms with Crippen molar-refractivity contribution in [2.24, 2.45) is 4.99 Å². The number of fused-ring (bicyclic) bond motifs is 1. The molecule has 0 radical (unpaired) electrons. The molecule has 0 bridgehead atoms. The molecule has 0 saturated heterocycles. The molecule has 214 valence electrons. The molecule has 0 saturated carbocycles. The summed E-state index contributed by atoms with van der Waals surface area (Å²) in [6.07, 6.45) is 9.32. The molecule has 4 aromatic rings. The van der Waals surface area contributed by atoms with E-state index in [1.165, 1.54) is 22.5 Å². The molecular weight excluding hydrogens is 544 g/mol. The van der Waals surface area contributed by atoms with Gasteiger partial charge in [0.25, 0.3) is 5.56 Å². The van der Waals surface area contributed by atoms with E-state index in [0.29, 0.717) is 4.53 Å². The van der Waals surface area contributed by atoms with E-state index in [9.17, 15) is 4.79 Å². The van der Waals surface area contributed by atoms with Crippen LogP contribution in [0.25, 0.3) is 12.2 Å². The van der Waals surface area contributed by atoms with Gasteiger partial charge in [0.05, 0.1) is 37.6 Å². The summed E-state index contributed by atoms with van der Waals surface area (Å²) in [5, 5.41) is 0. The highest BCUT2D eigenvalue weighted by Crippen LogP contribution is 2.39. The first-order chi connectivity index (χ1) is 20.6. The van der Waals surface area contributed by atoms with Gasteiger partial charge in [-0.1, -0.05) is 54.2 Å². The normalized spacial score (nSPS) is 18.0. The number of nitrogens with zero attached hydrogens (tertiary/aromatic N) is 2. The molecule has 0 amide bonds. The molecule has 42 heavy (non-hydrogen) atoms. The average Bonchev–Trinajstić information content (AvgIpc) is 3.33. The molecule has 7 heteroatoms. The van der Waals surface area contributed by atoms with Crippen molar-refractivity contribution in [1.82, 2.24) is 4.57 Å². The van der Waals surface area contributed by atoms with Gasteiger partial charge in [0.15, 0.2) is 4.80 Å². The van der Waals surface area contributed by atoms with E-state index in [2.05, 4.69) is 30.3 Å². The lowest BCUT2D eigenvalue weighted by atomic mass is 9.85. The lowest BCUT2D eigenvalue weighted by Crippen LogP contribution is -2.38. The van der Waals surface area contributed by atoms with E-state index in [-0.39, 0.29) is 11.6 Å². The maximum atomic E-state index is 14.1. The lowest BCUT2D eigenvalue weighted by Gasteiger charge is -2.29. The van der Waals surface area contributed by atoms with Crippen LogP contribution in [0, 0.1) is 0 Å². The molecule has 2 aliphatic rings. The van der Waals surface area contributed by atoms with Gasteiger partial charge < -0.3 is 14.2 Å². The average molecular weight is 579 g/mol. The lowest BCUT2D eigenvalue weighted by molar-refractivity contribution is 0.414. The van der Waals surface area contributed by atoms with Gasteiger partial charge in [0, 0.05) is 0 Å². The van der Waals surface area contributed by atoms with Crippen LogP contribution in [0.15, 0.2) is 99.4 Å². The van der Waals surface area contributed by atoms with E-state index < -0.39 is 0 Å². The van der Waals surface area contributed by atoms with Crippen LogP contribution in [0.1, 0.15) is 54.8 Å². The summed E-state index contributed by atoms with van der Waals surface area (Å²) in [6, 6.07) is 23.7. The van der Waals surface area contributed by atoms with Crippen LogP contribution < -0.4 is 29.1 Å². The number of methoxy groups -OCH3 is 3. The van der Waals surface area contributed by atoms with Crippen LogP contribution in [-0.4, -0.2) is 25.9 Å². The van der Waals surface area contributed by atoms with Crippen LogP contribution in [0.4, 0.5) is 0 Å². The third kappa shape index (κ3) is 5.57. The van der Waals surface area contributed by atoms with Gasteiger partial charge in [-0.25, -0.2) is 4.99 Å². The van der Waals surface area contributed by atoms with Crippen molar-refractivity contribution in [2.45, 2.75) is 38.1 Å². The molecule has 2 heterocycles. The Morgan fingerprint density at radius 2 is 1.29 bits per heavy atom.